The molecule has 156 valence electrons. The third kappa shape index (κ3) is 5.16. The fourth-order valence-electron chi connectivity index (χ4n) is 3.61. The predicted octanol–water partition coefficient (Wildman–Crippen LogP) is 3.97. The number of hydrogen-bond acceptors (Lipinski definition) is 4. The minimum atomic E-state index is -3.63. The third-order valence-electron chi connectivity index (χ3n) is 5.08. The highest BCUT2D eigenvalue weighted by molar-refractivity contribution is 7.89. The minimum Gasteiger partial charge on any atom is -0.492 e. The molecular formula is C22H28N2O4S. The fraction of sp³-hybridized carbons (Fsp3) is 0.409. The average molecular weight is 417 g/mol. The maximum absolute atomic E-state index is 13.2. The van der Waals surface area contributed by atoms with Gasteiger partial charge < -0.3 is 10.1 Å². The molecule has 29 heavy (non-hydrogen) atoms. The van der Waals surface area contributed by atoms with E-state index in [1.54, 1.807) is 36.4 Å². The first-order valence-corrected chi connectivity index (χ1v) is 11.5. The second-order valence-corrected chi connectivity index (χ2v) is 9.15. The first kappa shape index (κ1) is 21.3. The van der Waals surface area contributed by atoms with Crippen LogP contribution in [0.25, 0.3) is 0 Å². The molecule has 0 aromatic heterocycles. The number of nitrogens with one attached hydrogen (secondary N) is 1. The Morgan fingerprint density at radius 1 is 1.14 bits per heavy atom. The molecule has 1 fully saturated rings. The number of carbonyl (C=O) groups excluding carboxylic acids is 1. The van der Waals surface area contributed by atoms with E-state index >= 15 is 0 Å². The summed E-state index contributed by atoms with van der Waals surface area (Å²) in [6.45, 7) is 4.74. The van der Waals surface area contributed by atoms with Crippen molar-refractivity contribution in [1.29, 1.82) is 0 Å². The summed E-state index contributed by atoms with van der Waals surface area (Å²) < 4.78 is 33.4. The molecule has 2 aromatic carbocycles. The normalized spacial score (nSPS) is 17.7. The van der Waals surface area contributed by atoms with Gasteiger partial charge in [0.2, 0.25) is 15.9 Å². The zero-order chi connectivity index (χ0) is 20.9. The molecule has 2 aromatic rings. The van der Waals surface area contributed by atoms with Crippen LogP contribution in [0, 0.1) is 6.92 Å². The van der Waals surface area contributed by atoms with Crippen LogP contribution in [-0.4, -0.2) is 37.8 Å². The first-order chi connectivity index (χ1) is 13.9. The molecule has 0 bridgehead atoms. The maximum atomic E-state index is 13.2. The Hall–Kier alpha value is -2.38. The molecule has 1 N–H and O–H groups in total. The third-order valence-corrected chi connectivity index (χ3v) is 7.05. The van der Waals surface area contributed by atoms with Crippen molar-refractivity contribution in [2.24, 2.45) is 0 Å². The molecular weight excluding hydrogens is 388 g/mol. The summed E-state index contributed by atoms with van der Waals surface area (Å²) in [4.78, 5) is 13.0. The molecule has 1 aliphatic rings. The highest BCUT2D eigenvalue weighted by atomic mass is 32.2. The molecule has 1 aliphatic heterocycles. The number of para-hydroxylation sites is 2. The summed E-state index contributed by atoms with van der Waals surface area (Å²) >= 11 is 0. The molecule has 0 radical (unpaired) electrons. The summed E-state index contributed by atoms with van der Waals surface area (Å²) in [6, 6.07) is 13.8. The van der Waals surface area contributed by atoms with Crippen molar-refractivity contribution in [3.8, 4) is 5.75 Å². The lowest BCUT2D eigenvalue weighted by atomic mass is 10.0. The van der Waals surface area contributed by atoms with Crippen molar-refractivity contribution in [3.05, 3.63) is 54.1 Å². The Morgan fingerprint density at radius 2 is 1.86 bits per heavy atom. The van der Waals surface area contributed by atoms with Gasteiger partial charge in [0.1, 0.15) is 5.75 Å². The molecule has 1 heterocycles. The van der Waals surface area contributed by atoms with Gasteiger partial charge >= 0.3 is 0 Å². The topological polar surface area (TPSA) is 75.7 Å². The summed E-state index contributed by atoms with van der Waals surface area (Å²) in [5.41, 5.74) is 1.61. The zero-order valence-corrected chi connectivity index (χ0v) is 17.7. The fourth-order valence-corrected chi connectivity index (χ4v) is 5.30. The number of aryl methyl sites for hydroxylation is 1. The number of nitrogens with zero attached hydrogens (tertiary/aromatic N) is 1. The Kier molecular flexibility index (Phi) is 6.92. The lowest BCUT2D eigenvalue weighted by Gasteiger charge is -2.34. The second kappa shape index (κ2) is 9.41. The van der Waals surface area contributed by atoms with Gasteiger partial charge in [0, 0.05) is 19.0 Å². The van der Waals surface area contributed by atoms with Crippen molar-refractivity contribution in [3.63, 3.8) is 0 Å². The van der Waals surface area contributed by atoms with E-state index in [1.807, 2.05) is 26.0 Å². The van der Waals surface area contributed by atoms with Gasteiger partial charge in [-0.25, -0.2) is 8.42 Å². The Morgan fingerprint density at radius 3 is 2.59 bits per heavy atom. The van der Waals surface area contributed by atoms with Crippen LogP contribution < -0.4 is 10.1 Å². The van der Waals surface area contributed by atoms with Gasteiger partial charge in [0.05, 0.1) is 17.2 Å². The van der Waals surface area contributed by atoms with Crippen LogP contribution in [0.1, 0.15) is 38.2 Å². The number of rotatable bonds is 7. The number of benzene rings is 2. The zero-order valence-electron chi connectivity index (χ0n) is 16.9. The van der Waals surface area contributed by atoms with Gasteiger partial charge in [-0.3, -0.25) is 4.79 Å². The van der Waals surface area contributed by atoms with Crippen LogP contribution in [-0.2, 0) is 14.8 Å². The van der Waals surface area contributed by atoms with Crippen LogP contribution in [0.3, 0.4) is 0 Å². The van der Waals surface area contributed by atoms with E-state index in [1.165, 1.54) is 4.31 Å². The molecule has 0 aliphatic carbocycles. The quantitative estimate of drug-likeness (QED) is 0.741. The van der Waals surface area contributed by atoms with E-state index in [4.69, 9.17) is 4.74 Å². The van der Waals surface area contributed by atoms with Gasteiger partial charge in [-0.05, 0) is 51.0 Å². The Bertz CT molecular complexity index is 942. The second-order valence-electron chi connectivity index (χ2n) is 7.26. The van der Waals surface area contributed by atoms with Crippen LogP contribution in [0.2, 0.25) is 0 Å². The monoisotopic (exact) mass is 416 g/mol. The lowest BCUT2D eigenvalue weighted by molar-refractivity contribution is -0.117. The molecule has 7 heteroatoms. The van der Waals surface area contributed by atoms with Gasteiger partial charge in [0.25, 0.3) is 0 Å². The molecule has 1 amide bonds. The van der Waals surface area contributed by atoms with E-state index in [0.29, 0.717) is 31.0 Å². The van der Waals surface area contributed by atoms with E-state index in [2.05, 4.69) is 5.32 Å². The molecule has 0 spiro atoms. The van der Waals surface area contributed by atoms with Crippen molar-refractivity contribution >= 4 is 21.6 Å². The minimum absolute atomic E-state index is 0.117. The van der Waals surface area contributed by atoms with E-state index in [0.717, 1.165) is 18.4 Å². The van der Waals surface area contributed by atoms with Crippen LogP contribution in [0.4, 0.5) is 5.69 Å². The Labute approximate surface area is 172 Å². The summed E-state index contributed by atoms with van der Waals surface area (Å²) in [7, 11) is -3.63. The number of piperidine rings is 1. The SMILES string of the molecule is CCOc1ccccc1NC(=O)C[C@@H]1CCCCN1S(=O)(=O)c1ccc(C)cc1. The lowest BCUT2D eigenvalue weighted by Crippen LogP contribution is -2.45. The van der Waals surface area contributed by atoms with Crippen LogP contribution >= 0.6 is 0 Å². The van der Waals surface area contributed by atoms with Crippen molar-refractivity contribution < 1.29 is 17.9 Å². The maximum Gasteiger partial charge on any atom is 0.243 e. The van der Waals surface area contributed by atoms with E-state index in [9.17, 15) is 13.2 Å². The van der Waals surface area contributed by atoms with Crippen molar-refractivity contribution in [1.82, 2.24) is 4.31 Å². The first-order valence-electron chi connectivity index (χ1n) is 10.0. The van der Waals surface area contributed by atoms with Gasteiger partial charge in [-0.1, -0.05) is 36.2 Å². The standard InChI is InChI=1S/C22H28N2O4S/c1-3-28-21-10-5-4-9-20(21)23-22(25)16-18-8-6-7-15-24(18)29(26,27)19-13-11-17(2)12-14-19/h4-5,9-14,18H,3,6-8,15-16H2,1-2H3,(H,23,25)/t18-/m0/s1. The number of hydrogen-bond donors (Lipinski definition) is 1. The number of anilines is 1. The van der Waals surface area contributed by atoms with Crippen molar-refractivity contribution in [2.45, 2.75) is 50.5 Å². The molecule has 6 nitrogen and oxygen atoms in total. The number of amides is 1. The van der Waals surface area contributed by atoms with Crippen LogP contribution in [0.5, 0.6) is 5.75 Å². The van der Waals surface area contributed by atoms with Gasteiger partial charge in [0.15, 0.2) is 0 Å². The van der Waals surface area contributed by atoms with Gasteiger partial charge in [-0.2, -0.15) is 4.31 Å². The summed E-state index contributed by atoms with van der Waals surface area (Å²) in [6.07, 6.45) is 2.50. The molecule has 0 unspecified atom stereocenters. The smallest absolute Gasteiger partial charge is 0.243 e. The Balaban J connectivity index is 1.75. The molecule has 1 saturated heterocycles. The van der Waals surface area contributed by atoms with E-state index in [-0.39, 0.29) is 23.3 Å². The molecule has 0 saturated carbocycles. The highest BCUT2D eigenvalue weighted by Crippen LogP contribution is 2.29. The summed E-state index contributed by atoms with van der Waals surface area (Å²) in [5, 5.41) is 2.88. The largest absolute Gasteiger partial charge is 0.492 e. The van der Waals surface area contributed by atoms with Crippen LogP contribution in [0.15, 0.2) is 53.4 Å². The van der Waals surface area contributed by atoms with E-state index < -0.39 is 10.0 Å². The van der Waals surface area contributed by atoms with Crippen molar-refractivity contribution in [2.75, 3.05) is 18.5 Å². The molecule has 3 rings (SSSR count). The number of ether oxygens (including phenoxy) is 1. The highest BCUT2D eigenvalue weighted by Gasteiger charge is 2.34. The predicted molar refractivity (Wildman–Crippen MR) is 114 cm³/mol. The van der Waals surface area contributed by atoms with Gasteiger partial charge in [-0.15, -0.1) is 0 Å². The average Bonchev–Trinajstić information content (AvgIpc) is 2.70. The number of sulfonamides is 1. The number of carbonyl (C=O) groups is 1. The molecule has 1 atom stereocenters. The summed E-state index contributed by atoms with van der Waals surface area (Å²) in [5.74, 6) is 0.393.